The van der Waals surface area contributed by atoms with Gasteiger partial charge in [-0.2, -0.15) is 0 Å². The number of methoxy groups -OCH3 is 2. The van der Waals surface area contributed by atoms with Gasteiger partial charge in [0.15, 0.2) is 0 Å². The summed E-state index contributed by atoms with van der Waals surface area (Å²) >= 11 is 1.73. The maximum absolute atomic E-state index is 12.8. The van der Waals surface area contributed by atoms with Gasteiger partial charge in [0.2, 0.25) is 5.91 Å². The van der Waals surface area contributed by atoms with Crippen molar-refractivity contribution in [2.24, 2.45) is 0 Å². The molecule has 0 aliphatic carbocycles. The topological polar surface area (TPSA) is 38.8 Å². The van der Waals surface area contributed by atoms with Crippen LogP contribution in [0.2, 0.25) is 0 Å². The van der Waals surface area contributed by atoms with Crippen LogP contribution in [0.3, 0.4) is 0 Å². The Morgan fingerprint density at radius 2 is 1.96 bits per heavy atom. The van der Waals surface area contributed by atoms with Crippen molar-refractivity contribution in [2.75, 3.05) is 26.5 Å². The van der Waals surface area contributed by atoms with Crippen LogP contribution in [0.5, 0.6) is 11.5 Å². The lowest BCUT2D eigenvalue weighted by Gasteiger charge is -2.26. The molecule has 0 saturated carbocycles. The number of carbonyl (C=O) groups is 1. The first kappa shape index (κ1) is 18.6. The fourth-order valence-corrected chi connectivity index (χ4v) is 4.26. The smallest absolute Gasteiger partial charge is 0.223 e. The van der Waals surface area contributed by atoms with Crippen LogP contribution < -0.4 is 9.47 Å². The van der Waals surface area contributed by atoms with Crippen LogP contribution in [0.1, 0.15) is 30.9 Å². The summed E-state index contributed by atoms with van der Waals surface area (Å²) in [5, 5.41) is 0. The van der Waals surface area contributed by atoms with Crippen LogP contribution >= 0.6 is 11.8 Å². The Hall–Kier alpha value is -2.14. The molecule has 1 unspecified atom stereocenters. The summed E-state index contributed by atoms with van der Waals surface area (Å²) in [4.78, 5) is 16.0. The summed E-state index contributed by atoms with van der Waals surface area (Å²) in [6.45, 7) is 0.814. The van der Waals surface area contributed by atoms with E-state index in [0.29, 0.717) is 6.42 Å². The normalized spacial score (nSPS) is 16.5. The summed E-state index contributed by atoms with van der Waals surface area (Å²) in [5.74, 6) is 2.56. The van der Waals surface area contributed by atoms with E-state index in [4.69, 9.17) is 9.47 Å². The summed E-state index contributed by atoms with van der Waals surface area (Å²) in [5.41, 5.74) is 1.06. The van der Waals surface area contributed by atoms with Crippen molar-refractivity contribution < 1.29 is 14.3 Å². The van der Waals surface area contributed by atoms with E-state index in [1.807, 2.05) is 41.3 Å². The summed E-state index contributed by atoms with van der Waals surface area (Å²) < 4.78 is 10.8. The van der Waals surface area contributed by atoms with Gasteiger partial charge in [0.05, 0.1) is 20.3 Å². The highest BCUT2D eigenvalue weighted by atomic mass is 32.2. The van der Waals surface area contributed by atoms with E-state index in [9.17, 15) is 4.79 Å². The SMILES string of the molecule is COc1ccc(C2CCCN2C(=O)CCSc2ccccc2)c(OC)c1. The standard InChI is InChI=1S/C21H25NO3S/c1-24-16-10-11-18(20(15-16)25-2)19-9-6-13-22(19)21(23)12-14-26-17-7-4-3-5-8-17/h3-5,7-8,10-11,15,19H,6,9,12-14H2,1-2H3. The highest BCUT2D eigenvalue weighted by Crippen LogP contribution is 2.39. The zero-order valence-electron chi connectivity index (χ0n) is 15.3. The number of nitrogens with zero attached hydrogens (tertiary/aromatic N) is 1. The molecule has 0 bridgehead atoms. The lowest BCUT2D eigenvalue weighted by molar-refractivity contribution is -0.131. The van der Waals surface area contributed by atoms with Crippen LogP contribution in [0.4, 0.5) is 0 Å². The molecule has 2 aromatic rings. The molecule has 0 aromatic heterocycles. The zero-order valence-corrected chi connectivity index (χ0v) is 16.1. The van der Waals surface area contributed by atoms with Gasteiger partial charge in [0, 0.05) is 35.2 Å². The Morgan fingerprint density at radius 3 is 2.69 bits per heavy atom. The number of carbonyl (C=O) groups excluding carboxylic acids is 1. The molecule has 1 aliphatic heterocycles. The number of hydrogen-bond donors (Lipinski definition) is 0. The fraction of sp³-hybridized carbons (Fsp3) is 0.381. The van der Waals surface area contributed by atoms with E-state index >= 15 is 0 Å². The van der Waals surface area contributed by atoms with Crippen molar-refractivity contribution in [2.45, 2.75) is 30.2 Å². The Labute approximate surface area is 159 Å². The third kappa shape index (κ3) is 4.33. The van der Waals surface area contributed by atoms with Crippen LogP contribution in [0.25, 0.3) is 0 Å². The molecule has 138 valence electrons. The van der Waals surface area contributed by atoms with E-state index in [0.717, 1.165) is 42.2 Å². The second kappa shape index (κ2) is 8.99. The monoisotopic (exact) mass is 371 g/mol. The molecular formula is C21H25NO3S. The first-order valence-electron chi connectivity index (χ1n) is 8.92. The van der Waals surface area contributed by atoms with Gasteiger partial charge >= 0.3 is 0 Å². The fourth-order valence-electron chi connectivity index (χ4n) is 3.40. The highest BCUT2D eigenvalue weighted by Gasteiger charge is 2.31. The first-order chi connectivity index (χ1) is 12.7. The van der Waals surface area contributed by atoms with Crippen LogP contribution in [0.15, 0.2) is 53.4 Å². The molecule has 1 aliphatic rings. The second-order valence-corrected chi connectivity index (χ2v) is 7.43. The summed E-state index contributed by atoms with van der Waals surface area (Å²) in [7, 11) is 3.31. The molecular weight excluding hydrogens is 346 g/mol. The Kier molecular flexibility index (Phi) is 6.45. The van der Waals surface area contributed by atoms with Gasteiger partial charge < -0.3 is 14.4 Å². The maximum atomic E-state index is 12.8. The number of hydrogen-bond acceptors (Lipinski definition) is 4. The van der Waals surface area contributed by atoms with E-state index in [1.165, 1.54) is 4.90 Å². The number of ether oxygens (including phenoxy) is 2. The molecule has 4 nitrogen and oxygen atoms in total. The minimum Gasteiger partial charge on any atom is -0.497 e. The van der Waals surface area contributed by atoms with Crippen molar-refractivity contribution in [3.05, 3.63) is 54.1 Å². The number of amides is 1. The molecule has 1 atom stereocenters. The van der Waals surface area contributed by atoms with E-state index in [1.54, 1.807) is 26.0 Å². The molecule has 0 spiro atoms. The Balaban J connectivity index is 1.65. The number of likely N-dealkylation sites (tertiary alicyclic amines) is 1. The minimum atomic E-state index is 0.0880. The van der Waals surface area contributed by atoms with Crippen molar-refractivity contribution in [1.29, 1.82) is 0 Å². The Bertz CT molecular complexity index is 735. The van der Waals surface area contributed by atoms with Gasteiger partial charge in [-0.25, -0.2) is 0 Å². The van der Waals surface area contributed by atoms with Crippen molar-refractivity contribution in [1.82, 2.24) is 4.90 Å². The van der Waals surface area contributed by atoms with Crippen LogP contribution in [0, 0.1) is 0 Å². The molecule has 1 saturated heterocycles. The lowest BCUT2D eigenvalue weighted by Crippen LogP contribution is -2.31. The predicted octanol–water partition coefficient (Wildman–Crippen LogP) is 4.55. The quantitative estimate of drug-likeness (QED) is 0.669. The number of thioether (sulfide) groups is 1. The number of rotatable bonds is 7. The van der Waals surface area contributed by atoms with Gasteiger partial charge in [-0.15, -0.1) is 11.8 Å². The third-order valence-electron chi connectivity index (χ3n) is 4.70. The highest BCUT2D eigenvalue weighted by molar-refractivity contribution is 7.99. The maximum Gasteiger partial charge on any atom is 0.223 e. The van der Waals surface area contributed by atoms with E-state index in [2.05, 4.69) is 12.1 Å². The number of benzene rings is 2. The van der Waals surface area contributed by atoms with Crippen LogP contribution in [-0.2, 0) is 4.79 Å². The molecule has 2 aromatic carbocycles. The largest absolute Gasteiger partial charge is 0.497 e. The zero-order chi connectivity index (χ0) is 18.4. The van der Waals surface area contributed by atoms with Crippen LogP contribution in [-0.4, -0.2) is 37.3 Å². The molecule has 1 amide bonds. The molecule has 1 fully saturated rings. The molecule has 0 N–H and O–H groups in total. The van der Waals surface area contributed by atoms with Gasteiger partial charge in [-0.05, 0) is 37.1 Å². The second-order valence-electron chi connectivity index (χ2n) is 6.26. The van der Waals surface area contributed by atoms with Crippen molar-refractivity contribution >= 4 is 17.7 Å². The van der Waals surface area contributed by atoms with Gasteiger partial charge in [0.1, 0.15) is 11.5 Å². The van der Waals surface area contributed by atoms with Crippen molar-refractivity contribution in [3.63, 3.8) is 0 Å². The summed E-state index contributed by atoms with van der Waals surface area (Å²) in [6, 6.07) is 16.1. The first-order valence-corrected chi connectivity index (χ1v) is 9.90. The summed E-state index contributed by atoms with van der Waals surface area (Å²) in [6.07, 6.45) is 2.55. The third-order valence-corrected chi connectivity index (χ3v) is 5.71. The average molecular weight is 372 g/mol. The predicted molar refractivity (Wildman–Crippen MR) is 105 cm³/mol. The molecule has 3 rings (SSSR count). The lowest BCUT2D eigenvalue weighted by atomic mass is 10.0. The Morgan fingerprint density at radius 1 is 1.15 bits per heavy atom. The van der Waals surface area contributed by atoms with E-state index < -0.39 is 0 Å². The van der Waals surface area contributed by atoms with Crippen molar-refractivity contribution in [3.8, 4) is 11.5 Å². The molecule has 26 heavy (non-hydrogen) atoms. The minimum absolute atomic E-state index is 0.0880. The average Bonchev–Trinajstić information content (AvgIpc) is 3.18. The molecule has 5 heteroatoms. The van der Waals surface area contributed by atoms with Gasteiger partial charge in [0.25, 0.3) is 0 Å². The molecule has 0 radical (unpaired) electrons. The van der Waals surface area contributed by atoms with E-state index in [-0.39, 0.29) is 11.9 Å². The molecule has 1 heterocycles. The van der Waals surface area contributed by atoms with Gasteiger partial charge in [-0.3, -0.25) is 4.79 Å². The van der Waals surface area contributed by atoms with Gasteiger partial charge in [-0.1, -0.05) is 18.2 Å².